The van der Waals surface area contributed by atoms with Crippen LogP contribution in [0.3, 0.4) is 0 Å². The molecule has 0 saturated heterocycles. The molecule has 3 aromatic carbocycles. The van der Waals surface area contributed by atoms with Crippen LogP contribution >= 0.6 is 15.9 Å². The third-order valence-electron chi connectivity index (χ3n) is 5.82. The highest BCUT2D eigenvalue weighted by Crippen LogP contribution is 2.41. The molecule has 4 aromatic rings. The van der Waals surface area contributed by atoms with Crippen LogP contribution in [0.1, 0.15) is 25.0 Å². The zero-order valence-corrected chi connectivity index (χ0v) is 19.6. The molecule has 0 amide bonds. The first-order chi connectivity index (χ1) is 14.6. The largest absolute Gasteiger partial charge is 0.490 e. The number of benzene rings is 3. The Labute approximate surface area is 187 Å². The summed E-state index contributed by atoms with van der Waals surface area (Å²) in [5.41, 5.74) is 5.01. The molecule has 4 heteroatoms. The van der Waals surface area contributed by atoms with Gasteiger partial charge in [0.1, 0.15) is 12.4 Å². The number of likely N-dealkylation sites (N-methyl/N-ethyl adjacent to an activating group) is 1. The van der Waals surface area contributed by atoms with Crippen LogP contribution in [0.4, 0.5) is 0 Å². The maximum atomic E-state index is 6.39. The molecule has 0 bridgehead atoms. The van der Waals surface area contributed by atoms with Crippen LogP contribution in [0.15, 0.2) is 65.1 Å². The number of aryl methyl sites for hydroxylation is 1. The standard InChI is InChI=1S/C26H29BrN2O/c1-4-28(5-2)15-16-30-26-22(27)12-14-24-25(26)21-17-19(3)11-13-23(21)29(24)18-20-9-7-6-8-10-20/h6-14,17H,4-5,15-16,18H2,1-3H3. The average Bonchev–Trinajstić information content (AvgIpc) is 3.06. The first-order valence-corrected chi connectivity index (χ1v) is 11.5. The van der Waals surface area contributed by atoms with Gasteiger partial charge in [-0.2, -0.15) is 0 Å². The predicted octanol–water partition coefficient (Wildman–Crippen LogP) is 6.63. The molecule has 0 atom stereocenters. The van der Waals surface area contributed by atoms with Crippen molar-refractivity contribution in [1.82, 2.24) is 9.47 Å². The maximum absolute atomic E-state index is 6.39. The SMILES string of the molecule is CCN(CC)CCOc1c(Br)ccc2c1c1cc(C)ccc1n2Cc1ccccc1. The van der Waals surface area contributed by atoms with E-state index in [0.717, 1.165) is 36.4 Å². The Kier molecular flexibility index (Phi) is 6.45. The molecule has 4 rings (SSSR count). The highest BCUT2D eigenvalue weighted by atomic mass is 79.9. The molecule has 0 unspecified atom stereocenters. The first-order valence-electron chi connectivity index (χ1n) is 10.7. The summed E-state index contributed by atoms with van der Waals surface area (Å²) in [5, 5.41) is 2.44. The molecular formula is C26H29BrN2O. The fourth-order valence-electron chi connectivity index (χ4n) is 4.14. The fourth-order valence-corrected chi connectivity index (χ4v) is 4.59. The summed E-state index contributed by atoms with van der Waals surface area (Å²) in [6.07, 6.45) is 0. The van der Waals surface area contributed by atoms with E-state index in [1.165, 1.54) is 32.9 Å². The minimum atomic E-state index is 0.677. The molecule has 0 spiro atoms. The second-order valence-electron chi connectivity index (χ2n) is 7.74. The van der Waals surface area contributed by atoms with E-state index in [2.05, 4.69) is 107 Å². The van der Waals surface area contributed by atoms with Crippen LogP contribution in [0.25, 0.3) is 21.8 Å². The van der Waals surface area contributed by atoms with Crippen LogP contribution in [0.5, 0.6) is 5.75 Å². The summed E-state index contributed by atoms with van der Waals surface area (Å²) in [6, 6.07) is 21.7. The van der Waals surface area contributed by atoms with Crippen molar-refractivity contribution < 1.29 is 4.74 Å². The van der Waals surface area contributed by atoms with Crippen molar-refractivity contribution in [2.45, 2.75) is 27.3 Å². The van der Waals surface area contributed by atoms with Gasteiger partial charge in [0.05, 0.1) is 15.4 Å². The van der Waals surface area contributed by atoms with Crippen LogP contribution in [0, 0.1) is 6.92 Å². The quantitative estimate of drug-likeness (QED) is 0.291. The van der Waals surface area contributed by atoms with Gasteiger partial charge < -0.3 is 14.2 Å². The van der Waals surface area contributed by atoms with E-state index in [1.807, 2.05) is 0 Å². The van der Waals surface area contributed by atoms with Crippen molar-refractivity contribution in [2.24, 2.45) is 0 Å². The molecule has 0 N–H and O–H groups in total. The number of nitrogens with zero attached hydrogens (tertiary/aromatic N) is 2. The smallest absolute Gasteiger partial charge is 0.143 e. The summed E-state index contributed by atoms with van der Waals surface area (Å²) in [4.78, 5) is 2.39. The van der Waals surface area contributed by atoms with Crippen molar-refractivity contribution in [1.29, 1.82) is 0 Å². The number of hydrogen-bond acceptors (Lipinski definition) is 2. The number of rotatable bonds is 8. The van der Waals surface area contributed by atoms with E-state index in [0.29, 0.717) is 6.61 Å². The van der Waals surface area contributed by atoms with E-state index in [-0.39, 0.29) is 0 Å². The zero-order valence-electron chi connectivity index (χ0n) is 18.0. The summed E-state index contributed by atoms with van der Waals surface area (Å²) in [6.45, 7) is 11.1. The van der Waals surface area contributed by atoms with Crippen molar-refractivity contribution in [3.8, 4) is 5.75 Å². The van der Waals surface area contributed by atoms with Gasteiger partial charge in [0.15, 0.2) is 0 Å². The van der Waals surface area contributed by atoms with Crippen molar-refractivity contribution in [3.05, 3.63) is 76.3 Å². The third-order valence-corrected chi connectivity index (χ3v) is 6.45. The van der Waals surface area contributed by atoms with Crippen LogP contribution in [-0.4, -0.2) is 35.7 Å². The Bertz CT molecular complexity index is 1150. The van der Waals surface area contributed by atoms with Crippen LogP contribution in [-0.2, 0) is 6.54 Å². The van der Waals surface area contributed by atoms with Crippen molar-refractivity contribution in [2.75, 3.05) is 26.2 Å². The van der Waals surface area contributed by atoms with Gasteiger partial charge in [-0.25, -0.2) is 0 Å². The van der Waals surface area contributed by atoms with Crippen molar-refractivity contribution >= 4 is 37.7 Å². The first kappa shape index (κ1) is 21.0. The fraction of sp³-hybridized carbons (Fsp3) is 0.308. The van der Waals surface area contributed by atoms with E-state index in [9.17, 15) is 0 Å². The minimum Gasteiger partial charge on any atom is -0.490 e. The summed E-state index contributed by atoms with van der Waals surface area (Å²) in [7, 11) is 0. The van der Waals surface area contributed by atoms with Gasteiger partial charge in [-0.05, 0) is 65.8 Å². The van der Waals surface area contributed by atoms with Crippen LogP contribution in [0.2, 0.25) is 0 Å². The molecule has 0 saturated carbocycles. The van der Waals surface area contributed by atoms with E-state index in [4.69, 9.17) is 4.74 Å². The van der Waals surface area contributed by atoms with Gasteiger partial charge in [0, 0.05) is 24.0 Å². The Balaban J connectivity index is 1.82. The lowest BCUT2D eigenvalue weighted by molar-refractivity contribution is 0.223. The Hall–Kier alpha value is -2.30. The Morgan fingerprint density at radius 3 is 2.40 bits per heavy atom. The molecule has 0 aliphatic rings. The number of aromatic nitrogens is 1. The van der Waals surface area contributed by atoms with Gasteiger partial charge in [-0.3, -0.25) is 0 Å². The third kappa shape index (κ3) is 4.12. The van der Waals surface area contributed by atoms with Gasteiger partial charge in [-0.1, -0.05) is 55.8 Å². The summed E-state index contributed by atoms with van der Waals surface area (Å²) in [5.74, 6) is 0.946. The topological polar surface area (TPSA) is 17.4 Å². The lowest BCUT2D eigenvalue weighted by atomic mass is 10.1. The lowest BCUT2D eigenvalue weighted by Crippen LogP contribution is -2.27. The van der Waals surface area contributed by atoms with Crippen molar-refractivity contribution in [3.63, 3.8) is 0 Å². The number of ether oxygens (including phenoxy) is 1. The molecule has 156 valence electrons. The average molecular weight is 465 g/mol. The molecule has 1 heterocycles. The highest BCUT2D eigenvalue weighted by Gasteiger charge is 2.18. The van der Waals surface area contributed by atoms with Gasteiger partial charge >= 0.3 is 0 Å². The normalized spacial score (nSPS) is 11.6. The summed E-state index contributed by atoms with van der Waals surface area (Å²) >= 11 is 3.75. The molecule has 1 aromatic heterocycles. The van der Waals surface area contributed by atoms with Gasteiger partial charge in [0.25, 0.3) is 0 Å². The van der Waals surface area contributed by atoms with Crippen LogP contribution < -0.4 is 4.74 Å². The van der Waals surface area contributed by atoms with Gasteiger partial charge in [0.2, 0.25) is 0 Å². The summed E-state index contributed by atoms with van der Waals surface area (Å²) < 4.78 is 9.81. The lowest BCUT2D eigenvalue weighted by Gasteiger charge is -2.19. The van der Waals surface area contributed by atoms with E-state index < -0.39 is 0 Å². The molecule has 30 heavy (non-hydrogen) atoms. The molecule has 0 fully saturated rings. The molecule has 0 aliphatic heterocycles. The molecule has 3 nitrogen and oxygen atoms in total. The minimum absolute atomic E-state index is 0.677. The highest BCUT2D eigenvalue weighted by molar-refractivity contribution is 9.10. The molecule has 0 aliphatic carbocycles. The molecular weight excluding hydrogens is 436 g/mol. The second-order valence-corrected chi connectivity index (χ2v) is 8.59. The predicted molar refractivity (Wildman–Crippen MR) is 131 cm³/mol. The maximum Gasteiger partial charge on any atom is 0.143 e. The zero-order chi connectivity index (χ0) is 21.1. The second kappa shape index (κ2) is 9.23. The van der Waals surface area contributed by atoms with E-state index >= 15 is 0 Å². The number of hydrogen-bond donors (Lipinski definition) is 0. The number of fused-ring (bicyclic) bond motifs is 3. The molecule has 0 radical (unpaired) electrons. The van der Waals surface area contributed by atoms with E-state index in [1.54, 1.807) is 0 Å². The van der Waals surface area contributed by atoms with Gasteiger partial charge in [-0.15, -0.1) is 0 Å². The number of halogens is 1. The Morgan fingerprint density at radius 2 is 1.67 bits per heavy atom. The monoisotopic (exact) mass is 464 g/mol. The Morgan fingerprint density at radius 1 is 0.933 bits per heavy atom.